The molecule has 0 heterocycles. The molecule has 0 spiro atoms. The molecule has 1 aromatic rings. The lowest BCUT2D eigenvalue weighted by molar-refractivity contribution is -0.132. The predicted molar refractivity (Wildman–Crippen MR) is 69.7 cm³/mol. The maximum Gasteiger partial charge on any atom is 0.222 e. The second-order valence-electron chi connectivity index (χ2n) is 5.21. The number of hydrogen-bond donors (Lipinski definition) is 0. The highest BCUT2D eigenvalue weighted by molar-refractivity contribution is 5.76. The number of nitrogens with zero attached hydrogens (tertiary/aromatic N) is 1. The van der Waals surface area contributed by atoms with E-state index >= 15 is 0 Å². The van der Waals surface area contributed by atoms with Crippen LogP contribution in [-0.2, 0) is 11.2 Å². The van der Waals surface area contributed by atoms with Crippen LogP contribution in [0.15, 0.2) is 24.3 Å². The highest BCUT2D eigenvalue weighted by atomic mass is 19.1. The minimum Gasteiger partial charge on any atom is -0.343 e. The Morgan fingerprint density at radius 2 is 2.22 bits per heavy atom. The van der Waals surface area contributed by atoms with Gasteiger partial charge in [-0.15, -0.1) is 0 Å². The molecule has 1 saturated carbocycles. The van der Waals surface area contributed by atoms with Gasteiger partial charge in [-0.25, -0.2) is 4.39 Å². The quantitative estimate of drug-likeness (QED) is 0.785. The Bertz CT molecular complexity index is 428. The number of carbonyl (C=O) groups excluding carboxylic acids is 1. The average Bonchev–Trinajstić information content (AvgIpc) is 3.18. The summed E-state index contributed by atoms with van der Waals surface area (Å²) in [4.78, 5) is 13.9. The third-order valence-electron chi connectivity index (χ3n) is 3.83. The van der Waals surface area contributed by atoms with Crippen molar-refractivity contribution in [3.63, 3.8) is 0 Å². The first kappa shape index (κ1) is 13.1. The number of halogens is 1. The molecule has 0 aromatic heterocycles. The van der Waals surface area contributed by atoms with Gasteiger partial charge in [-0.3, -0.25) is 4.79 Å². The van der Waals surface area contributed by atoms with Crippen LogP contribution in [0.2, 0.25) is 0 Å². The molecule has 1 aliphatic rings. The summed E-state index contributed by atoms with van der Waals surface area (Å²) in [5.74, 6) is 0.603. The maximum absolute atomic E-state index is 13.0. The average molecular weight is 249 g/mol. The molecule has 3 heteroatoms. The van der Waals surface area contributed by atoms with Crippen molar-refractivity contribution in [3.05, 3.63) is 35.6 Å². The number of carbonyl (C=O) groups is 1. The summed E-state index contributed by atoms with van der Waals surface area (Å²) in [6, 6.07) is 6.81. The van der Waals surface area contributed by atoms with Crippen LogP contribution < -0.4 is 0 Å². The van der Waals surface area contributed by atoms with Crippen molar-refractivity contribution in [2.45, 2.75) is 38.6 Å². The zero-order valence-electron chi connectivity index (χ0n) is 11.0. The molecule has 98 valence electrons. The van der Waals surface area contributed by atoms with Gasteiger partial charge in [0.25, 0.3) is 0 Å². The van der Waals surface area contributed by atoms with E-state index in [1.54, 1.807) is 6.07 Å². The van der Waals surface area contributed by atoms with E-state index in [0.717, 1.165) is 5.56 Å². The number of hydrogen-bond acceptors (Lipinski definition) is 1. The van der Waals surface area contributed by atoms with Crippen LogP contribution in [0, 0.1) is 11.7 Å². The van der Waals surface area contributed by atoms with E-state index in [2.05, 4.69) is 6.92 Å². The maximum atomic E-state index is 13.0. The van der Waals surface area contributed by atoms with Gasteiger partial charge in [0.2, 0.25) is 5.91 Å². The molecule has 0 bridgehead atoms. The molecule has 0 radical (unpaired) electrons. The van der Waals surface area contributed by atoms with Crippen LogP contribution in [0.4, 0.5) is 4.39 Å². The Hall–Kier alpha value is -1.38. The predicted octanol–water partition coefficient (Wildman–Crippen LogP) is 3.02. The Morgan fingerprint density at radius 3 is 2.83 bits per heavy atom. The fourth-order valence-electron chi connectivity index (χ4n) is 2.24. The smallest absolute Gasteiger partial charge is 0.222 e. The molecule has 1 amide bonds. The van der Waals surface area contributed by atoms with Crippen molar-refractivity contribution in [2.75, 3.05) is 7.05 Å². The molecular weight excluding hydrogens is 229 g/mol. The topological polar surface area (TPSA) is 20.3 Å². The van der Waals surface area contributed by atoms with Crippen molar-refractivity contribution in [1.82, 2.24) is 4.90 Å². The van der Waals surface area contributed by atoms with Crippen LogP contribution in [0.5, 0.6) is 0 Å². The Labute approximate surface area is 108 Å². The fourth-order valence-corrected chi connectivity index (χ4v) is 2.24. The molecule has 18 heavy (non-hydrogen) atoms. The lowest BCUT2D eigenvalue weighted by atomic mass is 10.1. The van der Waals surface area contributed by atoms with Gasteiger partial charge in [0.05, 0.1) is 0 Å². The van der Waals surface area contributed by atoms with Crippen molar-refractivity contribution in [3.8, 4) is 0 Å². The summed E-state index contributed by atoms with van der Waals surface area (Å²) in [5, 5.41) is 0. The van der Waals surface area contributed by atoms with Gasteiger partial charge < -0.3 is 4.90 Å². The van der Waals surface area contributed by atoms with Crippen molar-refractivity contribution >= 4 is 5.91 Å². The van der Waals surface area contributed by atoms with E-state index in [9.17, 15) is 9.18 Å². The van der Waals surface area contributed by atoms with Gasteiger partial charge in [-0.2, -0.15) is 0 Å². The van der Waals surface area contributed by atoms with Crippen LogP contribution in [-0.4, -0.2) is 23.9 Å². The first-order chi connectivity index (χ1) is 8.58. The highest BCUT2D eigenvalue weighted by Gasteiger charge is 2.32. The van der Waals surface area contributed by atoms with Gasteiger partial charge in [-0.1, -0.05) is 12.1 Å². The first-order valence-electron chi connectivity index (χ1n) is 6.58. The van der Waals surface area contributed by atoms with Gasteiger partial charge in [0, 0.05) is 19.5 Å². The van der Waals surface area contributed by atoms with E-state index in [4.69, 9.17) is 0 Å². The zero-order chi connectivity index (χ0) is 13.1. The van der Waals surface area contributed by atoms with Crippen molar-refractivity contribution in [1.29, 1.82) is 0 Å². The largest absolute Gasteiger partial charge is 0.343 e. The Balaban J connectivity index is 1.84. The molecule has 1 aromatic carbocycles. The summed E-state index contributed by atoms with van der Waals surface area (Å²) >= 11 is 0. The minimum absolute atomic E-state index is 0.152. The summed E-state index contributed by atoms with van der Waals surface area (Å²) in [6.07, 6.45) is 3.54. The molecule has 1 atom stereocenters. The van der Waals surface area contributed by atoms with Gasteiger partial charge in [0.15, 0.2) is 0 Å². The molecule has 2 rings (SSSR count). The van der Waals surface area contributed by atoms with Gasteiger partial charge in [-0.05, 0) is 49.8 Å². The normalized spacial score (nSPS) is 16.4. The lowest BCUT2D eigenvalue weighted by Crippen LogP contribution is -2.36. The third kappa shape index (κ3) is 3.31. The number of aryl methyl sites for hydroxylation is 1. The lowest BCUT2D eigenvalue weighted by Gasteiger charge is -2.24. The summed E-state index contributed by atoms with van der Waals surface area (Å²) in [7, 11) is 1.87. The van der Waals surface area contributed by atoms with E-state index in [1.165, 1.54) is 25.0 Å². The van der Waals surface area contributed by atoms with E-state index in [0.29, 0.717) is 24.8 Å². The van der Waals surface area contributed by atoms with Crippen LogP contribution in [0.3, 0.4) is 0 Å². The minimum atomic E-state index is -0.236. The van der Waals surface area contributed by atoms with E-state index in [1.807, 2.05) is 18.0 Å². The number of benzene rings is 1. The molecule has 1 unspecified atom stereocenters. The summed E-state index contributed by atoms with van der Waals surface area (Å²) in [5.41, 5.74) is 0.885. The van der Waals surface area contributed by atoms with Gasteiger partial charge >= 0.3 is 0 Å². The van der Waals surface area contributed by atoms with Crippen molar-refractivity contribution < 1.29 is 9.18 Å². The number of amides is 1. The zero-order valence-corrected chi connectivity index (χ0v) is 11.0. The SMILES string of the molecule is CC(C1CC1)N(C)C(=O)CCc1cccc(F)c1. The van der Waals surface area contributed by atoms with E-state index in [-0.39, 0.29) is 11.7 Å². The molecule has 0 aliphatic heterocycles. The Kier molecular flexibility index (Phi) is 4.00. The molecule has 0 saturated heterocycles. The second-order valence-corrected chi connectivity index (χ2v) is 5.21. The highest BCUT2D eigenvalue weighted by Crippen LogP contribution is 2.34. The van der Waals surface area contributed by atoms with Crippen LogP contribution >= 0.6 is 0 Å². The van der Waals surface area contributed by atoms with Crippen molar-refractivity contribution in [2.24, 2.45) is 5.92 Å². The molecular formula is C15H20FNO. The van der Waals surface area contributed by atoms with Crippen LogP contribution in [0.25, 0.3) is 0 Å². The second kappa shape index (κ2) is 5.51. The number of rotatable bonds is 5. The monoisotopic (exact) mass is 249 g/mol. The van der Waals surface area contributed by atoms with Crippen LogP contribution in [0.1, 0.15) is 31.7 Å². The molecule has 1 fully saturated rings. The van der Waals surface area contributed by atoms with Gasteiger partial charge in [0.1, 0.15) is 5.82 Å². The first-order valence-corrected chi connectivity index (χ1v) is 6.58. The third-order valence-corrected chi connectivity index (χ3v) is 3.83. The molecule has 1 aliphatic carbocycles. The summed E-state index contributed by atoms with van der Waals surface area (Å²) in [6.45, 7) is 2.11. The summed E-state index contributed by atoms with van der Waals surface area (Å²) < 4.78 is 13.0. The standard InChI is InChI=1S/C15H20FNO/c1-11(13-7-8-13)17(2)15(18)9-6-12-4-3-5-14(16)10-12/h3-5,10-11,13H,6-9H2,1-2H3. The Morgan fingerprint density at radius 1 is 1.50 bits per heavy atom. The van der Waals surface area contributed by atoms with E-state index < -0.39 is 0 Å². The molecule has 2 nitrogen and oxygen atoms in total. The fraction of sp³-hybridized carbons (Fsp3) is 0.533. The molecule has 0 N–H and O–H groups in total.